The molecular weight excluding hydrogens is 562 g/mol. The number of hydrogen-bond acceptors (Lipinski definition) is 7. The smallest absolute Gasteiger partial charge is 0.347 e. The highest BCUT2D eigenvalue weighted by molar-refractivity contribution is 5.75. The SMILES string of the molecule is CCOC(=O)C(C)Oc1ccc(-c2nc(-c3ccc(-c4ccccc4)cc3)nc(-c3ccc(-c4ccccc4)cc3)n2)c(O)c1. The van der Waals surface area contributed by atoms with Crippen LogP contribution < -0.4 is 4.74 Å². The van der Waals surface area contributed by atoms with Crippen LogP contribution in [0.2, 0.25) is 0 Å². The van der Waals surface area contributed by atoms with Crippen molar-refractivity contribution in [1.82, 2.24) is 15.0 Å². The molecule has 6 rings (SSSR count). The molecule has 0 aliphatic rings. The van der Waals surface area contributed by atoms with Crippen molar-refractivity contribution >= 4 is 5.97 Å². The molecule has 1 N–H and O–H groups in total. The first-order chi connectivity index (χ1) is 22.0. The number of esters is 1. The van der Waals surface area contributed by atoms with Crippen LogP contribution in [0.4, 0.5) is 0 Å². The predicted molar refractivity (Wildman–Crippen MR) is 175 cm³/mol. The Morgan fingerprint density at radius 1 is 0.622 bits per heavy atom. The van der Waals surface area contributed by atoms with Crippen LogP contribution in [0.1, 0.15) is 13.8 Å². The molecule has 0 amide bonds. The van der Waals surface area contributed by atoms with Crippen molar-refractivity contribution < 1.29 is 19.4 Å². The molecule has 0 fully saturated rings. The molecule has 0 bridgehead atoms. The molecule has 0 spiro atoms. The fraction of sp³-hybridized carbons (Fsp3) is 0.105. The molecule has 45 heavy (non-hydrogen) atoms. The van der Waals surface area contributed by atoms with Gasteiger partial charge in [0, 0.05) is 17.2 Å². The number of carbonyl (C=O) groups is 1. The van der Waals surface area contributed by atoms with Gasteiger partial charge in [-0.05, 0) is 48.2 Å². The molecule has 0 saturated heterocycles. The first-order valence-electron chi connectivity index (χ1n) is 14.7. The largest absolute Gasteiger partial charge is 0.507 e. The van der Waals surface area contributed by atoms with Gasteiger partial charge in [0.05, 0.1) is 12.2 Å². The monoisotopic (exact) mass is 593 g/mol. The van der Waals surface area contributed by atoms with Gasteiger partial charge in [-0.25, -0.2) is 19.7 Å². The van der Waals surface area contributed by atoms with Crippen LogP contribution in [0.25, 0.3) is 56.4 Å². The lowest BCUT2D eigenvalue weighted by atomic mass is 10.0. The van der Waals surface area contributed by atoms with E-state index in [9.17, 15) is 9.90 Å². The number of ether oxygens (including phenoxy) is 2. The minimum Gasteiger partial charge on any atom is -0.507 e. The zero-order valence-electron chi connectivity index (χ0n) is 24.9. The molecule has 0 aliphatic carbocycles. The number of benzene rings is 5. The highest BCUT2D eigenvalue weighted by Crippen LogP contribution is 2.34. The van der Waals surface area contributed by atoms with Crippen LogP contribution in [0.3, 0.4) is 0 Å². The number of rotatable bonds is 9. The molecule has 222 valence electrons. The summed E-state index contributed by atoms with van der Waals surface area (Å²) in [6.45, 7) is 3.59. The third-order valence-electron chi connectivity index (χ3n) is 7.28. The van der Waals surface area contributed by atoms with Crippen LogP contribution in [0, 0.1) is 0 Å². The first kappa shape index (κ1) is 29.3. The molecule has 7 nitrogen and oxygen atoms in total. The summed E-state index contributed by atoms with van der Waals surface area (Å²) >= 11 is 0. The van der Waals surface area contributed by atoms with Gasteiger partial charge >= 0.3 is 5.97 Å². The number of phenolic OH excluding ortho intramolecular Hbond substituents is 1. The van der Waals surface area contributed by atoms with E-state index in [4.69, 9.17) is 24.4 Å². The normalized spacial score (nSPS) is 11.5. The second-order valence-corrected chi connectivity index (χ2v) is 10.4. The Labute approximate surface area is 261 Å². The molecule has 1 unspecified atom stereocenters. The third kappa shape index (κ3) is 6.73. The van der Waals surface area contributed by atoms with Crippen LogP contribution in [0.15, 0.2) is 127 Å². The van der Waals surface area contributed by atoms with Gasteiger partial charge in [-0.3, -0.25) is 0 Å². The third-order valence-corrected chi connectivity index (χ3v) is 7.28. The molecule has 5 aromatic carbocycles. The maximum atomic E-state index is 12.0. The fourth-order valence-electron chi connectivity index (χ4n) is 4.92. The van der Waals surface area contributed by atoms with Crippen LogP contribution in [0.5, 0.6) is 11.5 Å². The topological polar surface area (TPSA) is 94.4 Å². The highest BCUT2D eigenvalue weighted by Gasteiger charge is 2.19. The van der Waals surface area contributed by atoms with Crippen LogP contribution >= 0.6 is 0 Å². The average molecular weight is 594 g/mol. The lowest BCUT2D eigenvalue weighted by molar-refractivity contribution is -0.150. The second kappa shape index (κ2) is 13.2. The van der Waals surface area contributed by atoms with E-state index in [2.05, 4.69) is 24.3 Å². The van der Waals surface area contributed by atoms with E-state index in [-0.39, 0.29) is 12.4 Å². The molecule has 7 heteroatoms. The minimum absolute atomic E-state index is 0.0921. The van der Waals surface area contributed by atoms with Gasteiger partial charge in [0.1, 0.15) is 11.5 Å². The van der Waals surface area contributed by atoms with Crippen molar-refractivity contribution in [3.63, 3.8) is 0 Å². The molecular formula is C38H31N3O4. The summed E-state index contributed by atoms with van der Waals surface area (Å²) in [6, 6.07) is 41.2. The molecule has 1 aromatic heterocycles. The summed E-state index contributed by atoms with van der Waals surface area (Å²) in [4.78, 5) is 26.4. The molecule has 1 heterocycles. The molecule has 0 radical (unpaired) electrons. The van der Waals surface area contributed by atoms with E-state index in [1.54, 1.807) is 26.0 Å². The van der Waals surface area contributed by atoms with Gasteiger partial charge in [-0.2, -0.15) is 0 Å². The van der Waals surface area contributed by atoms with Crippen LogP contribution in [-0.4, -0.2) is 38.7 Å². The van der Waals surface area contributed by atoms with E-state index in [0.29, 0.717) is 28.8 Å². The molecule has 0 saturated carbocycles. The Hall–Kier alpha value is -5.82. The number of nitrogens with zero attached hydrogens (tertiary/aromatic N) is 3. The Balaban J connectivity index is 1.38. The standard InChI is InChI=1S/C38H31N3O4/c1-3-44-38(43)25(2)45-32-22-23-33(34(42)24-32)37-40-35(30-18-14-28(15-19-30)26-10-6-4-7-11-26)39-36(41-37)31-20-16-29(17-21-31)27-12-8-5-9-13-27/h4-25,42H,3H2,1-2H3. The van der Waals surface area contributed by atoms with Gasteiger partial charge in [0.25, 0.3) is 0 Å². The van der Waals surface area contributed by atoms with Gasteiger partial charge in [0.15, 0.2) is 23.6 Å². The maximum absolute atomic E-state index is 12.0. The number of aromatic hydroxyl groups is 1. The summed E-state index contributed by atoms with van der Waals surface area (Å²) in [5.74, 6) is 0.987. The van der Waals surface area contributed by atoms with E-state index in [1.165, 1.54) is 6.07 Å². The van der Waals surface area contributed by atoms with Crippen molar-refractivity contribution in [2.75, 3.05) is 6.61 Å². The number of aromatic nitrogens is 3. The van der Waals surface area contributed by atoms with Crippen molar-refractivity contribution in [1.29, 1.82) is 0 Å². The van der Waals surface area contributed by atoms with Gasteiger partial charge in [-0.15, -0.1) is 0 Å². The van der Waals surface area contributed by atoms with Crippen molar-refractivity contribution in [2.45, 2.75) is 20.0 Å². The number of carbonyl (C=O) groups excluding carboxylic acids is 1. The summed E-state index contributed by atoms with van der Waals surface area (Å²) in [6.07, 6.45) is -0.830. The summed E-state index contributed by atoms with van der Waals surface area (Å²) in [5.41, 5.74) is 6.41. The van der Waals surface area contributed by atoms with Crippen molar-refractivity contribution in [3.05, 3.63) is 127 Å². The Morgan fingerprint density at radius 3 is 1.53 bits per heavy atom. The Morgan fingerprint density at radius 2 is 1.07 bits per heavy atom. The zero-order chi connectivity index (χ0) is 31.2. The Bertz CT molecular complexity index is 1810. The number of phenols is 1. The van der Waals surface area contributed by atoms with Gasteiger partial charge in [-0.1, -0.05) is 109 Å². The second-order valence-electron chi connectivity index (χ2n) is 10.4. The minimum atomic E-state index is -0.830. The van der Waals surface area contributed by atoms with E-state index < -0.39 is 12.1 Å². The lowest BCUT2D eigenvalue weighted by Crippen LogP contribution is -2.26. The predicted octanol–water partition coefficient (Wildman–Crippen LogP) is 8.24. The first-order valence-corrected chi connectivity index (χ1v) is 14.7. The summed E-state index contributed by atoms with van der Waals surface area (Å²) in [5, 5.41) is 11.1. The van der Waals surface area contributed by atoms with Crippen molar-refractivity contribution in [3.8, 4) is 67.9 Å². The van der Waals surface area contributed by atoms with Crippen LogP contribution in [-0.2, 0) is 9.53 Å². The lowest BCUT2D eigenvalue weighted by Gasteiger charge is -2.14. The number of hydrogen-bond donors (Lipinski definition) is 1. The summed E-state index contributed by atoms with van der Waals surface area (Å²) in [7, 11) is 0. The highest BCUT2D eigenvalue weighted by atomic mass is 16.6. The maximum Gasteiger partial charge on any atom is 0.347 e. The van der Waals surface area contributed by atoms with Gasteiger partial charge < -0.3 is 14.6 Å². The molecule has 6 aromatic rings. The quantitative estimate of drug-likeness (QED) is 0.169. The molecule has 1 atom stereocenters. The van der Waals surface area contributed by atoms with E-state index in [1.807, 2.05) is 84.9 Å². The summed E-state index contributed by atoms with van der Waals surface area (Å²) < 4.78 is 10.7. The van der Waals surface area contributed by atoms with Crippen molar-refractivity contribution in [2.24, 2.45) is 0 Å². The van der Waals surface area contributed by atoms with E-state index in [0.717, 1.165) is 33.4 Å². The average Bonchev–Trinajstić information content (AvgIpc) is 3.09. The fourth-order valence-corrected chi connectivity index (χ4v) is 4.92. The van der Waals surface area contributed by atoms with Gasteiger partial charge in [0.2, 0.25) is 0 Å². The Kier molecular flexibility index (Phi) is 8.60. The van der Waals surface area contributed by atoms with E-state index >= 15 is 0 Å². The zero-order valence-corrected chi connectivity index (χ0v) is 24.9. The molecule has 0 aliphatic heterocycles.